The van der Waals surface area contributed by atoms with Gasteiger partial charge in [0, 0.05) is 55.4 Å². The van der Waals surface area contributed by atoms with Crippen molar-refractivity contribution in [3.8, 4) is 0 Å². The minimum Gasteiger partial charge on any atom is -0.340 e. The lowest BCUT2D eigenvalue weighted by molar-refractivity contribution is -0.144. The number of nitrogens with zero attached hydrogens (tertiary/aromatic N) is 6. The van der Waals surface area contributed by atoms with Crippen LogP contribution in [0.4, 0.5) is 37.8 Å². The van der Waals surface area contributed by atoms with E-state index in [1.54, 1.807) is 13.2 Å². The summed E-state index contributed by atoms with van der Waals surface area (Å²) in [5.74, 6) is -4.73. The molecule has 0 aliphatic heterocycles. The molecule has 208 valence electrons. The number of hydrogen-bond donors (Lipinski definition) is 1. The summed E-state index contributed by atoms with van der Waals surface area (Å²) in [5, 5.41) is 11.5. The van der Waals surface area contributed by atoms with Crippen molar-refractivity contribution in [3.63, 3.8) is 0 Å². The molecule has 0 saturated carbocycles. The zero-order chi connectivity index (χ0) is 28.9. The Kier molecular flexibility index (Phi) is 6.82. The number of halogens is 7. The highest BCUT2D eigenvalue weighted by atomic mass is 35.5. The van der Waals surface area contributed by atoms with Gasteiger partial charge in [-0.05, 0) is 18.2 Å². The number of aromatic nitrogens is 6. The number of pyridine rings is 1. The standard InChI is InChI=1S/C25H18ClF6N7O/c1-37-9-13-4-20(15(26)6-19(13)35-37)34-23-8-21(40)14(5-22-33-11-38(2)36-22)24(25(30,31)32)39(23)10-12-3-17(28)18(29)7-16(12)27/h3-4,6-9,11,34H,5,10H2,1-2H3. The Morgan fingerprint density at radius 1 is 0.950 bits per heavy atom. The first-order chi connectivity index (χ1) is 18.8. The van der Waals surface area contributed by atoms with Crippen LogP contribution in [0.5, 0.6) is 0 Å². The maximum absolute atomic E-state index is 14.7. The molecular weight excluding hydrogens is 564 g/mol. The molecule has 5 aromatic rings. The molecule has 0 saturated heterocycles. The van der Waals surface area contributed by atoms with Gasteiger partial charge in [-0.15, -0.1) is 0 Å². The Hall–Kier alpha value is -4.33. The quantitative estimate of drug-likeness (QED) is 0.216. The number of rotatable bonds is 6. The minimum absolute atomic E-state index is 0.0681. The van der Waals surface area contributed by atoms with E-state index >= 15 is 0 Å². The summed E-state index contributed by atoms with van der Waals surface area (Å²) in [5.41, 5.74) is -3.14. The van der Waals surface area contributed by atoms with Gasteiger partial charge in [0.2, 0.25) is 0 Å². The van der Waals surface area contributed by atoms with Gasteiger partial charge in [-0.2, -0.15) is 23.4 Å². The van der Waals surface area contributed by atoms with Crippen LogP contribution in [0.2, 0.25) is 5.02 Å². The first kappa shape index (κ1) is 27.2. The first-order valence-corrected chi connectivity index (χ1v) is 11.9. The van der Waals surface area contributed by atoms with Crippen molar-refractivity contribution < 1.29 is 26.3 Å². The number of benzene rings is 2. The number of aryl methyl sites for hydroxylation is 2. The summed E-state index contributed by atoms with van der Waals surface area (Å²) in [6.45, 7) is -0.921. The molecule has 40 heavy (non-hydrogen) atoms. The van der Waals surface area contributed by atoms with E-state index in [-0.39, 0.29) is 22.6 Å². The normalized spacial score (nSPS) is 11.9. The third-order valence-corrected chi connectivity index (χ3v) is 6.36. The van der Waals surface area contributed by atoms with Gasteiger partial charge in [0.1, 0.15) is 23.7 Å². The van der Waals surface area contributed by atoms with Crippen LogP contribution in [0.3, 0.4) is 0 Å². The summed E-state index contributed by atoms with van der Waals surface area (Å²) >= 11 is 6.36. The second-order valence-electron chi connectivity index (χ2n) is 8.99. The van der Waals surface area contributed by atoms with E-state index in [0.29, 0.717) is 21.5 Å². The summed E-state index contributed by atoms with van der Waals surface area (Å²) in [4.78, 5) is 17.0. The molecule has 0 atom stereocenters. The summed E-state index contributed by atoms with van der Waals surface area (Å²) < 4.78 is 89.5. The molecule has 1 N–H and O–H groups in total. The highest BCUT2D eigenvalue weighted by Crippen LogP contribution is 2.36. The Labute approximate surface area is 226 Å². The summed E-state index contributed by atoms with van der Waals surface area (Å²) in [7, 11) is 3.17. The van der Waals surface area contributed by atoms with Crippen LogP contribution in [-0.4, -0.2) is 29.1 Å². The highest BCUT2D eigenvalue weighted by Gasteiger charge is 2.39. The fourth-order valence-corrected chi connectivity index (χ4v) is 4.54. The molecule has 0 spiro atoms. The molecule has 15 heteroatoms. The van der Waals surface area contributed by atoms with Crippen molar-refractivity contribution in [2.75, 3.05) is 5.32 Å². The van der Waals surface area contributed by atoms with Gasteiger partial charge in [0.25, 0.3) is 0 Å². The Bertz CT molecular complexity index is 1830. The summed E-state index contributed by atoms with van der Waals surface area (Å²) in [6, 6.07) is 4.56. The largest absolute Gasteiger partial charge is 0.431 e. The van der Waals surface area contributed by atoms with Crippen LogP contribution in [-0.2, 0) is 33.2 Å². The van der Waals surface area contributed by atoms with Crippen LogP contribution in [0.1, 0.15) is 22.6 Å². The molecule has 8 nitrogen and oxygen atoms in total. The van der Waals surface area contributed by atoms with Crippen molar-refractivity contribution in [3.05, 3.63) is 98.2 Å². The van der Waals surface area contributed by atoms with Gasteiger partial charge in [-0.3, -0.25) is 14.2 Å². The number of alkyl halides is 3. The van der Waals surface area contributed by atoms with Gasteiger partial charge in [0.15, 0.2) is 22.9 Å². The van der Waals surface area contributed by atoms with Gasteiger partial charge >= 0.3 is 6.18 Å². The van der Waals surface area contributed by atoms with E-state index in [1.807, 2.05) is 0 Å². The van der Waals surface area contributed by atoms with E-state index in [0.717, 1.165) is 6.07 Å². The van der Waals surface area contributed by atoms with Crippen LogP contribution >= 0.6 is 11.6 Å². The van der Waals surface area contributed by atoms with Gasteiger partial charge < -0.3 is 9.88 Å². The second-order valence-corrected chi connectivity index (χ2v) is 9.40. The van der Waals surface area contributed by atoms with E-state index in [9.17, 15) is 31.1 Å². The molecule has 0 amide bonds. The number of anilines is 2. The topological polar surface area (TPSA) is 82.6 Å². The predicted molar refractivity (Wildman–Crippen MR) is 134 cm³/mol. The van der Waals surface area contributed by atoms with Crippen LogP contribution in [0.15, 0.2) is 47.7 Å². The van der Waals surface area contributed by atoms with Crippen molar-refractivity contribution in [1.29, 1.82) is 0 Å². The average Bonchev–Trinajstić information content (AvgIpc) is 3.42. The van der Waals surface area contributed by atoms with Crippen molar-refractivity contribution >= 4 is 34.0 Å². The molecule has 0 aliphatic rings. The van der Waals surface area contributed by atoms with Crippen molar-refractivity contribution in [2.24, 2.45) is 14.1 Å². The smallest absolute Gasteiger partial charge is 0.340 e. The van der Waals surface area contributed by atoms with Gasteiger partial charge in [-0.1, -0.05) is 11.6 Å². The first-order valence-electron chi connectivity index (χ1n) is 11.5. The molecule has 0 bridgehead atoms. The second kappa shape index (κ2) is 10.0. The number of nitrogens with one attached hydrogen (secondary N) is 1. The highest BCUT2D eigenvalue weighted by molar-refractivity contribution is 6.34. The SMILES string of the molecule is Cn1cnc(Cc2c(C(F)(F)F)n(Cc3cc(F)c(F)cc3F)c(Nc3cc4cn(C)nc4cc3Cl)cc2=O)n1. The van der Waals surface area contributed by atoms with E-state index in [4.69, 9.17) is 11.6 Å². The zero-order valence-electron chi connectivity index (χ0n) is 20.7. The molecule has 3 aromatic heterocycles. The maximum Gasteiger partial charge on any atom is 0.431 e. The lowest BCUT2D eigenvalue weighted by Gasteiger charge is -2.24. The molecule has 0 unspecified atom stereocenters. The third-order valence-electron chi connectivity index (χ3n) is 6.05. The zero-order valence-corrected chi connectivity index (χ0v) is 21.4. The molecule has 3 heterocycles. The fourth-order valence-electron chi connectivity index (χ4n) is 4.33. The Morgan fingerprint density at radius 3 is 2.35 bits per heavy atom. The van der Waals surface area contributed by atoms with Gasteiger partial charge in [-0.25, -0.2) is 18.2 Å². The van der Waals surface area contributed by atoms with E-state index in [2.05, 4.69) is 20.5 Å². The molecule has 5 rings (SSSR count). The third kappa shape index (κ3) is 5.26. The molecule has 0 fully saturated rings. The monoisotopic (exact) mass is 581 g/mol. The van der Waals surface area contributed by atoms with Crippen LogP contribution in [0.25, 0.3) is 10.9 Å². The number of hydrogen-bond acceptors (Lipinski definition) is 5. The predicted octanol–water partition coefficient (Wildman–Crippen LogP) is 5.34. The minimum atomic E-state index is -5.15. The lowest BCUT2D eigenvalue weighted by Crippen LogP contribution is -2.28. The maximum atomic E-state index is 14.7. The Morgan fingerprint density at radius 2 is 1.68 bits per heavy atom. The van der Waals surface area contributed by atoms with Crippen molar-refractivity contribution in [1.82, 2.24) is 29.1 Å². The molecular formula is C25H18ClF6N7O. The molecule has 2 aromatic carbocycles. The Balaban J connectivity index is 1.74. The lowest BCUT2D eigenvalue weighted by atomic mass is 10.1. The van der Waals surface area contributed by atoms with Crippen LogP contribution in [0, 0.1) is 17.5 Å². The molecule has 0 aliphatic carbocycles. The van der Waals surface area contributed by atoms with E-state index in [1.165, 1.54) is 34.9 Å². The van der Waals surface area contributed by atoms with E-state index < -0.39 is 64.7 Å². The van der Waals surface area contributed by atoms with Crippen molar-refractivity contribution in [2.45, 2.75) is 19.1 Å². The number of fused-ring (bicyclic) bond motifs is 1. The average molecular weight is 582 g/mol. The van der Waals surface area contributed by atoms with Gasteiger partial charge in [0.05, 0.1) is 22.8 Å². The fraction of sp³-hybridized carbons (Fsp3) is 0.200. The van der Waals surface area contributed by atoms with Crippen LogP contribution < -0.4 is 10.7 Å². The molecule has 0 radical (unpaired) electrons. The summed E-state index contributed by atoms with van der Waals surface area (Å²) in [6.07, 6.45) is -2.85.